The smallest absolute Gasteiger partial charge is 0.233 e. The average Bonchev–Trinajstić information content (AvgIpc) is 2.71. The molecule has 3 nitrogen and oxygen atoms in total. The van der Waals surface area contributed by atoms with Gasteiger partial charge >= 0.3 is 0 Å². The Labute approximate surface area is 119 Å². The van der Waals surface area contributed by atoms with Crippen molar-refractivity contribution in [1.82, 2.24) is 4.90 Å². The molecule has 1 saturated heterocycles. The van der Waals surface area contributed by atoms with Crippen LogP contribution in [0.2, 0.25) is 0 Å². The maximum atomic E-state index is 12.6. The predicted molar refractivity (Wildman–Crippen MR) is 76.7 cm³/mol. The van der Waals surface area contributed by atoms with Gasteiger partial charge in [0.2, 0.25) is 11.8 Å². The standard InChI is InChI=1S/C17H19NO2/c1-11-8-9-14-15(10-11)17(20)18(16(14)19)12(2)13-6-4-3-5-7-13/h3-8,12,14-15H,9-10H2,1-2H3/t12-,14-,15-/m0/s1. The minimum atomic E-state index is -0.179. The molecule has 0 radical (unpaired) electrons. The van der Waals surface area contributed by atoms with Crippen LogP contribution in [0, 0.1) is 11.8 Å². The number of rotatable bonds is 2. The van der Waals surface area contributed by atoms with Crippen molar-refractivity contribution in [3.05, 3.63) is 47.5 Å². The Morgan fingerprint density at radius 1 is 1.10 bits per heavy atom. The normalized spacial score (nSPS) is 27.3. The summed E-state index contributed by atoms with van der Waals surface area (Å²) in [4.78, 5) is 26.6. The molecule has 1 heterocycles. The van der Waals surface area contributed by atoms with Crippen LogP contribution < -0.4 is 0 Å². The molecule has 104 valence electrons. The average molecular weight is 269 g/mol. The molecule has 20 heavy (non-hydrogen) atoms. The third kappa shape index (κ3) is 1.98. The first-order valence-electron chi connectivity index (χ1n) is 7.17. The zero-order valence-corrected chi connectivity index (χ0v) is 11.9. The number of nitrogens with zero attached hydrogens (tertiary/aromatic N) is 1. The molecule has 0 bridgehead atoms. The van der Waals surface area contributed by atoms with E-state index in [0.717, 1.165) is 12.0 Å². The third-order valence-electron chi connectivity index (χ3n) is 4.53. The maximum absolute atomic E-state index is 12.6. The van der Waals surface area contributed by atoms with Gasteiger partial charge in [-0.3, -0.25) is 14.5 Å². The summed E-state index contributed by atoms with van der Waals surface area (Å²) in [5.41, 5.74) is 2.24. The first-order valence-corrected chi connectivity index (χ1v) is 7.17. The van der Waals surface area contributed by atoms with E-state index in [9.17, 15) is 9.59 Å². The monoisotopic (exact) mass is 269 g/mol. The Morgan fingerprint density at radius 2 is 1.75 bits per heavy atom. The van der Waals surface area contributed by atoms with Crippen LogP contribution in [0.25, 0.3) is 0 Å². The van der Waals surface area contributed by atoms with Gasteiger partial charge < -0.3 is 0 Å². The fraction of sp³-hybridized carbons (Fsp3) is 0.412. The molecule has 1 aromatic carbocycles. The minimum absolute atomic E-state index is 0.0000954. The molecule has 3 atom stereocenters. The summed E-state index contributed by atoms with van der Waals surface area (Å²) < 4.78 is 0. The SMILES string of the molecule is CC1=CC[C@@H]2C(=O)N([C@@H](C)c3ccccc3)C(=O)[C@H]2C1. The van der Waals surface area contributed by atoms with Crippen molar-refractivity contribution in [2.24, 2.45) is 11.8 Å². The Balaban J connectivity index is 1.89. The van der Waals surface area contributed by atoms with Crippen LogP contribution in [0.5, 0.6) is 0 Å². The van der Waals surface area contributed by atoms with Crippen LogP contribution in [0.4, 0.5) is 0 Å². The van der Waals surface area contributed by atoms with Crippen molar-refractivity contribution in [2.45, 2.75) is 32.7 Å². The van der Waals surface area contributed by atoms with E-state index in [0.29, 0.717) is 6.42 Å². The van der Waals surface area contributed by atoms with Gasteiger partial charge in [-0.15, -0.1) is 0 Å². The van der Waals surface area contributed by atoms with E-state index in [1.54, 1.807) is 0 Å². The molecular formula is C17H19NO2. The molecule has 0 unspecified atom stereocenters. The number of benzene rings is 1. The molecule has 2 aliphatic rings. The molecule has 3 rings (SSSR count). The van der Waals surface area contributed by atoms with Gasteiger partial charge in [-0.2, -0.15) is 0 Å². The number of amides is 2. The van der Waals surface area contributed by atoms with Crippen LogP contribution in [-0.2, 0) is 9.59 Å². The van der Waals surface area contributed by atoms with E-state index in [2.05, 4.69) is 6.08 Å². The summed E-state index contributed by atoms with van der Waals surface area (Å²) in [5.74, 6) is -0.278. The van der Waals surface area contributed by atoms with Crippen molar-refractivity contribution in [3.63, 3.8) is 0 Å². The van der Waals surface area contributed by atoms with Crippen molar-refractivity contribution < 1.29 is 9.59 Å². The van der Waals surface area contributed by atoms with Gasteiger partial charge in [0.15, 0.2) is 0 Å². The summed E-state index contributed by atoms with van der Waals surface area (Å²) in [6.45, 7) is 3.97. The van der Waals surface area contributed by atoms with Crippen LogP contribution in [0.15, 0.2) is 42.0 Å². The fourth-order valence-corrected chi connectivity index (χ4v) is 3.33. The number of imide groups is 1. The second-order valence-electron chi connectivity index (χ2n) is 5.84. The topological polar surface area (TPSA) is 37.4 Å². The zero-order chi connectivity index (χ0) is 14.3. The van der Waals surface area contributed by atoms with Crippen molar-refractivity contribution >= 4 is 11.8 Å². The number of hydrogen-bond acceptors (Lipinski definition) is 2. The van der Waals surface area contributed by atoms with E-state index >= 15 is 0 Å². The van der Waals surface area contributed by atoms with Gasteiger partial charge in [0.1, 0.15) is 0 Å². The minimum Gasteiger partial charge on any atom is -0.275 e. The molecule has 0 spiro atoms. The molecule has 0 N–H and O–H groups in total. The van der Waals surface area contributed by atoms with Gasteiger partial charge in [-0.05, 0) is 32.3 Å². The number of carbonyl (C=O) groups excluding carboxylic acids is 2. The second kappa shape index (κ2) is 4.89. The number of carbonyl (C=O) groups is 2. The maximum Gasteiger partial charge on any atom is 0.233 e. The molecular weight excluding hydrogens is 250 g/mol. The van der Waals surface area contributed by atoms with Crippen molar-refractivity contribution in [2.75, 3.05) is 0 Å². The Morgan fingerprint density at radius 3 is 2.45 bits per heavy atom. The lowest BCUT2D eigenvalue weighted by atomic mass is 9.82. The Hall–Kier alpha value is -1.90. The summed E-state index contributed by atoms with van der Waals surface area (Å²) in [6, 6.07) is 9.58. The molecule has 1 aromatic rings. The van der Waals surface area contributed by atoms with Gasteiger partial charge in [0.25, 0.3) is 0 Å². The number of fused-ring (bicyclic) bond motifs is 1. The lowest BCUT2D eigenvalue weighted by Gasteiger charge is -2.23. The highest BCUT2D eigenvalue weighted by Gasteiger charge is 2.49. The quantitative estimate of drug-likeness (QED) is 0.611. The molecule has 3 heteroatoms. The van der Waals surface area contributed by atoms with Crippen molar-refractivity contribution in [3.8, 4) is 0 Å². The molecule has 0 saturated carbocycles. The lowest BCUT2D eigenvalue weighted by Crippen LogP contribution is -2.33. The second-order valence-corrected chi connectivity index (χ2v) is 5.84. The molecule has 1 aliphatic carbocycles. The summed E-state index contributed by atoms with van der Waals surface area (Å²) in [6.07, 6.45) is 3.54. The van der Waals surface area contributed by atoms with E-state index in [1.165, 1.54) is 10.5 Å². The molecule has 2 amide bonds. The number of allylic oxidation sites excluding steroid dienone is 2. The van der Waals surface area contributed by atoms with Gasteiger partial charge in [-0.1, -0.05) is 42.0 Å². The highest BCUT2D eigenvalue weighted by Crippen LogP contribution is 2.40. The Kier molecular flexibility index (Phi) is 3.20. The van der Waals surface area contributed by atoms with Gasteiger partial charge in [-0.25, -0.2) is 0 Å². The Bertz CT molecular complexity index is 576. The van der Waals surface area contributed by atoms with Crippen LogP contribution in [0.1, 0.15) is 38.3 Å². The number of hydrogen-bond donors (Lipinski definition) is 0. The van der Waals surface area contributed by atoms with Crippen molar-refractivity contribution in [1.29, 1.82) is 0 Å². The third-order valence-corrected chi connectivity index (χ3v) is 4.53. The van der Waals surface area contributed by atoms with E-state index < -0.39 is 0 Å². The van der Waals surface area contributed by atoms with Crippen LogP contribution in [0.3, 0.4) is 0 Å². The first-order chi connectivity index (χ1) is 9.59. The fourth-order valence-electron chi connectivity index (χ4n) is 3.33. The molecule has 1 aliphatic heterocycles. The highest BCUT2D eigenvalue weighted by molar-refractivity contribution is 6.05. The van der Waals surface area contributed by atoms with Crippen LogP contribution >= 0.6 is 0 Å². The van der Waals surface area contributed by atoms with Gasteiger partial charge in [0, 0.05) is 0 Å². The van der Waals surface area contributed by atoms with E-state index in [4.69, 9.17) is 0 Å². The number of likely N-dealkylation sites (tertiary alicyclic amines) is 1. The van der Waals surface area contributed by atoms with Crippen LogP contribution in [-0.4, -0.2) is 16.7 Å². The summed E-state index contributed by atoms with van der Waals surface area (Å²) in [5, 5.41) is 0. The van der Waals surface area contributed by atoms with E-state index in [1.807, 2.05) is 44.2 Å². The summed E-state index contributed by atoms with van der Waals surface area (Å²) in [7, 11) is 0. The van der Waals surface area contributed by atoms with E-state index in [-0.39, 0.29) is 29.7 Å². The first kappa shape index (κ1) is 13.1. The predicted octanol–water partition coefficient (Wildman–Crippen LogP) is 3.09. The molecule has 0 aromatic heterocycles. The lowest BCUT2D eigenvalue weighted by molar-refractivity contribution is -0.142. The largest absolute Gasteiger partial charge is 0.275 e. The molecule has 1 fully saturated rings. The summed E-state index contributed by atoms with van der Waals surface area (Å²) >= 11 is 0. The highest BCUT2D eigenvalue weighted by atomic mass is 16.2. The zero-order valence-electron chi connectivity index (χ0n) is 11.9. The van der Waals surface area contributed by atoms with Gasteiger partial charge in [0.05, 0.1) is 17.9 Å².